The van der Waals surface area contributed by atoms with Gasteiger partial charge in [0.1, 0.15) is 0 Å². The first kappa shape index (κ1) is 23.3. The summed E-state index contributed by atoms with van der Waals surface area (Å²) in [6.07, 6.45) is 0. The van der Waals surface area contributed by atoms with Crippen LogP contribution in [0.1, 0.15) is 24.2 Å². The van der Waals surface area contributed by atoms with E-state index in [1.807, 2.05) is 13.8 Å². The first-order chi connectivity index (χ1) is 16.3. The molecular formula is C21H21N5O7S. The molecule has 0 aliphatic carbocycles. The summed E-state index contributed by atoms with van der Waals surface area (Å²) in [5, 5.41) is 23.0. The fourth-order valence-corrected chi connectivity index (χ4v) is 4.57. The second-order valence-corrected chi connectivity index (χ2v) is 8.41. The van der Waals surface area contributed by atoms with Gasteiger partial charge in [-0.2, -0.15) is 0 Å². The number of likely N-dealkylation sites (N-methyl/N-ethyl adjacent to an activating group) is 1. The lowest BCUT2D eigenvalue weighted by Gasteiger charge is -2.24. The summed E-state index contributed by atoms with van der Waals surface area (Å²) in [7, 11) is 0. The highest BCUT2D eigenvalue weighted by Gasteiger charge is 2.27. The average molecular weight is 487 g/mol. The van der Waals surface area contributed by atoms with Crippen LogP contribution >= 0.6 is 11.3 Å². The van der Waals surface area contributed by atoms with Crippen LogP contribution in [0.15, 0.2) is 30.3 Å². The third-order valence-corrected chi connectivity index (χ3v) is 6.49. The van der Waals surface area contributed by atoms with Crippen LogP contribution < -0.4 is 14.4 Å². The summed E-state index contributed by atoms with van der Waals surface area (Å²) in [5.41, 5.74) is -0.615. The van der Waals surface area contributed by atoms with Crippen molar-refractivity contribution in [2.24, 2.45) is 0 Å². The molecule has 2 heterocycles. The highest BCUT2D eigenvalue weighted by atomic mass is 32.1. The van der Waals surface area contributed by atoms with Crippen LogP contribution in [0.3, 0.4) is 0 Å². The number of fused-ring (bicyclic) bond motifs is 2. The van der Waals surface area contributed by atoms with Gasteiger partial charge in [-0.05, 0) is 13.1 Å². The van der Waals surface area contributed by atoms with E-state index in [0.717, 1.165) is 36.0 Å². The zero-order valence-corrected chi connectivity index (χ0v) is 19.2. The first-order valence-electron chi connectivity index (χ1n) is 10.5. The third kappa shape index (κ3) is 4.61. The number of ether oxygens (including phenoxy) is 2. The number of thiazole rings is 1. The van der Waals surface area contributed by atoms with Crippen molar-refractivity contribution in [3.05, 3.63) is 56.1 Å². The molecule has 0 spiro atoms. The molecule has 1 aromatic heterocycles. The third-order valence-electron chi connectivity index (χ3n) is 5.45. The lowest BCUT2D eigenvalue weighted by molar-refractivity contribution is -0.394. The maximum absolute atomic E-state index is 13.5. The van der Waals surface area contributed by atoms with Crippen LogP contribution in [0.4, 0.5) is 16.5 Å². The van der Waals surface area contributed by atoms with Crippen molar-refractivity contribution in [1.82, 2.24) is 9.88 Å². The van der Waals surface area contributed by atoms with E-state index in [-0.39, 0.29) is 18.9 Å². The van der Waals surface area contributed by atoms with E-state index in [0.29, 0.717) is 28.7 Å². The van der Waals surface area contributed by atoms with Crippen molar-refractivity contribution >= 4 is 44.0 Å². The molecule has 34 heavy (non-hydrogen) atoms. The minimum Gasteiger partial charge on any atom is -0.454 e. The second-order valence-electron chi connectivity index (χ2n) is 7.41. The molecule has 2 aromatic carbocycles. The fourth-order valence-electron chi connectivity index (χ4n) is 3.57. The highest BCUT2D eigenvalue weighted by Crippen LogP contribution is 2.40. The van der Waals surface area contributed by atoms with Crippen molar-refractivity contribution in [1.29, 1.82) is 0 Å². The van der Waals surface area contributed by atoms with Gasteiger partial charge < -0.3 is 14.4 Å². The Labute approximate surface area is 197 Å². The first-order valence-corrected chi connectivity index (χ1v) is 11.3. The molecule has 1 aliphatic rings. The predicted octanol–water partition coefficient (Wildman–Crippen LogP) is 3.83. The Bertz CT molecular complexity index is 1200. The van der Waals surface area contributed by atoms with Crippen LogP contribution in [0.25, 0.3) is 10.2 Å². The quantitative estimate of drug-likeness (QED) is 0.325. The number of nitrogens with zero attached hydrogens (tertiary/aromatic N) is 5. The summed E-state index contributed by atoms with van der Waals surface area (Å²) in [6.45, 7) is 6.42. The molecule has 0 bridgehead atoms. The lowest BCUT2D eigenvalue weighted by atomic mass is 10.1. The van der Waals surface area contributed by atoms with Crippen LogP contribution in [-0.2, 0) is 0 Å². The van der Waals surface area contributed by atoms with Crippen molar-refractivity contribution < 1.29 is 24.1 Å². The van der Waals surface area contributed by atoms with Gasteiger partial charge in [0.15, 0.2) is 16.6 Å². The van der Waals surface area contributed by atoms with Gasteiger partial charge >= 0.3 is 0 Å². The molecule has 0 N–H and O–H groups in total. The van der Waals surface area contributed by atoms with E-state index in [2.05, 4.69) is 9.88 Å². The van der Waals surface area contributed by atoms with E-state index in [1.165, 1.54) is 16.2 Å². The number of nitro benzene ring substituents is 2. The van der Waals surface area contributed by atoms with Crippen LogP contribution in [-0.4, -0.2) is 58.6 Å². The number of hydrogen-bond donors (Lipinski definition) is 0. The minimum atomic E-state index is -0.761. The Balaban J connectivity index is 1.76. The number of nitro groups is 2. The molecule has 12 nitrogen and oxygen atoms in total. The van der Waals surface area contributed by atoms with Crippen molar-refractivity contribution in [2.75, 3.05) is 37.9 Å². The predicted molar refractivity (Wildman–Crippen MR) is 125 cm³/mol. The normalized spacial score (nSPS) is 12.3. The zero-order valence-electron chi connectivity index (χ0n) is 18.4. The van der Waals surface area contributed by atoms with E-state index in [1.54, 1.807) is 12.1 Å². The Morgan fingerprint density at radius 3 is 2.21 bits per heavy atom. The number of benzene rings is 2. The van der Waals surface area contributed by atoms with Gasteiger partial charge in [-0.1, -0.05) is 25.2 Å². The number of carbonyl (C=O) groups is 1. The summed E-state index contributed by atoms with van der Waals surface area (Å²) in [6, 6.07) is 6.43. The minimum absolute atomic E-state index is 0.125. The average Bonchev–Trinajstić information content (AvgIpc) is 3.45. The summed E-state index contributed by atoms with van der Waals surface area (Å²) in [5.74, 6) is 0.524. The molecule has 13 heteroatoms. The largest absolute Gasteiger partial charge is 0.454 e. The van der Waals surface area contributed by atoms with Crippen molar-refractivity contribution in [2.45, 2.75) is 13.8 Å². The van der Waals surface area contributed by atoms with Crippen molar-refractivity contribution in [3.63, 3.8) is 0 Å². The van der Waals surface area contributed by atoms with E-state index in [4.69, 9.17) is 9.47 Å². The van der Waals surface area contributed by atoms with Gasteiger partial charge in [0, 0.05) is 37.4 Å². The lowest BCUT2D eigenvalue weighted by Crippen LogP contribution is -2.38. The topological polar surface area (TPSA) is 141 Å². The molecule has 3 aromatic rings. The van der Waals surface area contributed by atoms with Gasteiger partial charge in [0.05, 0.1) is 31.7 Å². The summed E-state index contributed by atoms with van der Waals surface area (Å²) < 4.78 is 11.6. The van der Waals surface area contributed by atoms with Crippen LogP contribution in [0.5, 0.6) is 11.5 Å². The maximum atomic E-state index is 13.5. The Kier molecular flexibility index (Phi) is 6.56. The van der Waals surface area contributed by atoms with E-state index < -0.39 is 27.1 Å². The Morgan fingerprint density at radius 1 is 1.00 bits per heavy atom. The SMILES string of the molecule is CCN(CC)CCN(C(=O)c1cc([N+](=O)[O-])cc([N+](=O)[O-])c1)c1nc2cc3c(cc2s1)OCO3. The molecule has 178 valence electrons. The summed E-state index contributed by atoms with van der Waals surface area (Å²) in [4.78, 5) is 42.7. The molecule has 0 fully saturated rings. The van der Waals surface area contributed by atoms with Crippen LogP contribution in [0.2, 0.25) is 0 Å². The highest BCUT2D eigenvalue weighted by molar-refractivity contribution is 7.22. The van der Waals surface area contributed by atoms with Gasteiger partial charge in [0.2, 0.25) is 6.79 Å². The number of carbonyl (C=O) groups excluding carboxylic acids is 1. The molecule has 0 saturated carbocycles. The zero-order chi connectivity index (χ0) is 24.4. The number of hydrogen-bond acceptors (Lipinski definition) is 10. The monoisotopic (exact) mass is 487 g/mol. The molecule has 0 atom stereocenters. The molecular weight excluding hydrogens is 466 g/mol. The molecule has 0 saturated heterocycles. The number of amides is 1. The molecule has 1 amide bonds. The molecule has 1 aliphatic heterocycles. The van der Waals surface area contributed by atoms with Crippen LogP contribution in [0, 0.1) is 20.2 Å². The summed E-state index contributed by atoms with van der Waals surface area (Å²) >= 11 is 1.25. The Morgan fingerprint density at radius 2 is 1.62 bits per heavy atom. The molecule has 0 radical (unpaired) electrons. The molecule has 0 unspecified atom stereocenters. The van der Waals surface area contributed by atoms with Crippen molar-refractivity contribution in [3.8, 4) is 11.5 Å². The smallest absolute Gasteiger partial charge is 0.277 e. The van der Waals surface area contributed by atoms with Gasteiger partial charge in [0.25, 0.3) is 17.3 Å². The van der Waals surface area contributed by atoms with E-state index >= 15 is 0 Å². The van der Waals surface area contributed by atoms with E-state index in [9.17, 15) is 25.0 Å². The number of aromatic nitrogens is 1. The maximum Gasteiger partial charge on any atom is 0.277 e. The number of anilines is 1. The second kappa shape index (κ2) is 9.57. The fraction of sp³-hybridized carbons (Fsp3) is 0.333. The number of non-ortho nitro benzene ring substituents is 2. The van der Waals surface area contributed by atoms with Gasteiger partial charge in [-0.3, -0.25) is 29.9 Å². The van der Waals surface area contributed by atoms with Gasteiger partial charge in [-0.15, -0.1) is 0 Å². The Hall–Kier alpha value is -3.84. The standard InChI is InChI=1S/C21H21N5O7S/c1-3-23(4-2)5-6-24(20(27)13-7-14(25(28)29)9-15(8-13)26(30)31)21-22-16-10-17-18(33-12-32-17)11-19(16)34-21/h7-11H,3-6,12H2,1-2H3. The van der Waals surface area contributed by atoms with Gasteiger partial charge in [-0.25, -0.2) is 4.98 Å². The molecule has 4 rings (SSSR count). The number of rotatable bonds is 9.